The lowest BCUT2D eigenvalue weighted by Gasteiger charge is -2.07. The minimum absolute atomic E-state index is 0.274. The number of hydrogen-bond acceptors (Lipinski definition) is 3. The molecule has 0 aliphatic carbocycles. The number of hydrogen-bond donors (Lipinski definition) is 1. The summed E-state index contributed by atoms with van der Waals surface area (Å²) >= 11 is 0. The zero-order valence-electron chi connectivity index (χ0n) is 7.01. The van der Waals surface area contributed by atoms with Gasteiger partial charge in [-0.2, -0.15) is 0 Å². The molecule has 13 heavy (non-hydrogen) atoms. The van der Waals surface area contributed by atoms with Crippen molar-refractivity contribution in [1.82, 2.24) is 0 Å². The molecule has 1 aromatic rings. The van der Waals surface area contributed by atoms with Gasteiger partial charge in [-0.25, -0.2) is 4.79 Å². The van der Waals surface area contributed by atoms with Crippen LogP contribution in [0.5, 0.6) is 0 Å². The number of benzene rings is 1. The van der Waals surface area contributed by atoms with Gasteiger partial charge in [0, 0.05) is 6.42 Å². The van der Waals surface area contributed by atoms with E-state index in [2.05, 4.69) is 0 Å². The fraction of sp³-hybridized carbons (Fsp3) is 0.300. The third-order valence-electron chi connectivity index (χ3n) is 2.14. The maximum atomic E-state index is 10.9. The van der Waals surface area contributed by atoms with Gasteiger partial charge in [-0.15, -0.1) is 0 Å². The summed E-state index contributed by atoms with van der Waals surface area (Å²) in [6.45, 7) is 0. The Hall–Kier alpha value is -1.35. The fourth-order valence-corrected chi connectivity index (χ4v) is 1.44. The Morgan fingerprint density at radius 2 is 2.00 bits per heavy atom. The molecule has 3 nitrogen and oxygen atoms in total. The van der Waals surface area contributed by atoms with Crippen LogP contribution in [-0.4, -0.2) is 17.2 Å². The molecule has 68 valence electrons. The molecule has 2 rings (SSSR count). The van der Waals surface area contributed by atoms with Crippen LogP contribution < -0.4 is 0 Å². The van der Waals surface area contributed by atoms with Gasteiger partial charge in [-0.1, -0.05) is 30.3 Å². The lowest BCUT2D eigenvalue weighted by Crippen LogP contribution is -2.11. The third-order valence-corrected chi connectivity index (χ3v) is 2.14. The number of aliphatic hydroxyl groups excluding tert-OH is 1. The summed E-state index contributed by atoms with van der Waals surface area (Å²) in [7, 11) is 0. The molecule has 0 bridgehead atoms. The van der Waals surface area contributed by atoms with Crippen molar-refractivity contribution in [3.05, 3.63) is 35.9 Å². The molecule has 1 fully saturated rings. The van der Waals surface area contributed by atoms with Crippen molar-refractivity contribution in [2.45, 2.75) is 18.6 Å². The van der Waals surface area contributed by atoms with Crippen molar-refractivity contribution in [3.8, 4) is 0 Å². The second-order valence-corrected chi connectivity index (χ2v) is 3.09. The number of rotatable bonds is 1. The van der Waals surface area contributed by atoms with Crippen LogP contribution in [0.25, 0.3) is 0 Å². The van der Waals surface area contributed by atoms with Gasteiger partial charge in [0.15, 0.2) is 6.10 Å². The van der Waals surface area contributed by atoms with Crippen LogP contribution in [0.2, 0.25) is 0 Å². The molecule has 0 unspecified atom stereocenters. The molecular weight excluding hydrogens is 168 g/mol. The van der Waals surface area contributed by atoms with Crippen molar-refractivity contribution < 1.29 is 14.6 Å². The lowest BCUT2D eigenvalue weighted by molar-refractivity contribution is -0.147. The highest BCUT2D eigenvalue weighted by Gasteiger charge is 2.33. The Morgan fingerprint density at radius 1 is 1.31 bits per heavy atom. The summed E-state index contributed by atoms with van der Waals surface area (Å²) in [5.74, 6) is -0.520. The molecule has 1 N–H and O–H groups in total. The first-order valence-corrected chi connectivity index (χ1v) is 4.21. The van der Waals surface area contributed by atoms with Crippen molar-refractivity contribution in [2.24, 2.45) is 0 Å². The standard InChI is InChI=1S/C10H10O3/c11-8-6-9(13-10(8)12)7-4-2-1-3-5-7/h1-5,8-9,11H,6H2/t8-,9-/m1/s1. The van der Waals surface area contributed by atoms with Crippen molar-refractivity contribution in [1.29, 1.82) is 0 Å². The van der Waals surface area contributed by atoms with E-state index in [0.29, 0.717) is 6.42 Å². The largest absolute Gasteiger partial charge is 0.455 e. The van der Waals surface area contributed by atoms with Gasteiger partial charge in [0.2, 0.25) is 0 Å². The molecule has 1 saturated heterocycles. The smallest absolute Gasteiger partial charge is 0.335 e. The fourth-order valence-electron chi connectivity index (χ4n) is 1.44. The second kappa shape index (κ2) is 3.18. The average molecular weight is 178 g/mol. The number of aliphatic hydroxyl groups is 1. The van der Waals surface area contributed by atoms with Gasteiger partial charge in [-0.05, 0) is 5.56 Å². The molecule has 0 saturated carbocycles. The van der Waals surface area contributed by atoms with E-state index < -0.39 is 12.1 Å². The Kier molecular flexibility index (Phi) is 2.02. The summed E-state index contributed by atoms with van der Waals surface area (Å²) in [4.78, 5) is 10.9. The molecular formula is C10H10O3. The van der Waals surface area contributed by atoms with Crippen molar-refractivity contribution in [2.75, 3.05) is 0 Å². The second-order valence-electron chi connectivity index (χ2n) is 3.09. The van der Waals surface area contributed by atoms with E-state index in [4.69, 9.17) is 9.84 Å². The minimum atomic E-state index is -0.954. The number of carbonyl (C=O) groups excluding carboxylic acids is 1. The normalized spacial score (nSPS) is 27.3. The Balaban J connectivity index is 2.17. The van der Waals surface area contributed by atoms with Crippen molar-refractivity contribution in [3.63, 3.8) is 0 Å². The molecule has 1 aliphatic rings. The molecule has 2 atom stereocenters. The molecule has 0 radical (unpaired) electrons. The van der Waals surface area contributed by atoms with Crippen LogP contribution in [0.1, 0.15) is 18.1 Å². The SMILES string of the molecule is O=C1O[C@@H](c2ccccc2)C[C@H]1O. The monoisotopic (exact) mass is 178 g/mol. The number of carbonyl (C=O) groups is 1. The predicted octanol–water partition coefficient (Wildman–Crippen LogP) is 1.04. The highest BCUT2D eigenvalue weighted by molar-refractivity contribution is 5.76. The van der Waals surface area contributed by atoms with E-state index >= 15 is 0 Å². The van der Waals surface area contributed by atoms with Gasteiger partial charge >= 0.3 is 5.97 Å². The molecule has 0 amide bonds. The average Bonchev–Trinajstić information content (AvgIpc) is 2.49. The Bertz CT molecular complexity index is 307. The highest BCUT2D eigenvalue weighted by Crippen LogP contribution is 2.29. The molecule has 3 heteroatoms. The van der Waals surface area contributed by atoms with E-state index in [1.807, 2.05) is 30.3 Å². The zero-order chi connectivity index (χ0) is 9.26. The van der Waals surface area contributed by atoms with Gasteiger partial charge in [-0.3, -0.25) is 0 Å². The van der Waals surface area contributed by atoms with E-state index in [9.17, 15) is 4.79 Å². The third kappa shape index (κ3) is 1.55. The van der Waals surface area contributed by atoms with Crippen LogP contribution in [0.3, 0.4) is 0 Å². The zero-order valence-corrected chi connectivity index (χ0v) is 7.01. The first-order valence-electron chi connectivity index (χ1n) is 4.21. The quantitative estimate of drug-likeness (QED) is 0.653. The van der Waals surface area contributed by atoms with Gasteiger partial charge in [0.1, 0.15) is 6.10 Å². The van der Waals surface area contributed by atoms with Crippen LogP contribution in [0.15, 0.2) is 30.3 Å². The van der Waals surface area contributed by atoms with Gasteiger partial charge in [0.25, 0.3) is 0 Å². The Morgan fingerprint density at radius 3 is 2.54 bits per heavy atom. The topological polar surface area (TPSA) is 46.5 Å². The first-order chi connectivity index (χ1) is 6.27. The van der Waals surface area contributed by atoms with E-state index in [-0.39, 0.29) is 6.10 Å². The molecule has 0 aromatic heterocycles. The summed E-state index contributed by atoms with van der Waals surface area (Å²) in [5.41, 5.74) is 0.937. The minimum Gasteiger partial charge on any atom is -0.455 e. The van der Waals surface area contributed by atoms with Crippen LogP contribution in [-0.2, 0) is 9.53 Å². The maximum Gasteiger partial charge on any atom is 0.335 e. The van der Waals surface area contributed by atoms with Crippen LogP contribution in [0.4, 0.5) is 0 Å². The summed E-state index contributed by atoms with van der Waals surface area (Å²) < 4.78 is 4.97. The van der Waals surface area contributed by atoms with E-state index in [1.54, 1.807) is 0 Å². The lowest BCUT2D eigenvalue weighted by atomic mass is 10.1. The molecule has 1 heterocycles. The maximum absolute atomic E-state index is 10.9. The first kappa shape index (κ1) is 8.26. The van der Waals surface area contributed by atoms with Crippen LogP contribution in [0, 0.1) is 0 Å². The number of esters is 1. The Labute approximate surface area is 76.0 Å². The van der Waals surface area contributed by atoms with E-state index in [1.165, 1.54) is 0 Å². The van der Waals surface area contributed by atoms with Gasteiger partial charge in [0.05, 0.1) is 0 Å². The van der Waals surface area contributed by atoms with Crippen LogP contribution >= 0.6 is 0 Å². The molecule has 1 aliphatic heterocycles. The molecule has 1 aromatic carbocycles. The van der Waals surface area contributed by atoms with E-state index in [0.717, 1.165) is 5.56 Å². The summed E-state index contributed by atoms with van der Waals surface area (Å²) in [5, 5.41) is 9.15. The number of ether oxygens (including phenoxy) is 1. The summed E-state index contributed by atoms with van der Waals surface area (Å²) in [6, 6.07) is 9.43. The highest BCUT2D eigenvalue weighted by atomic mass is 16.6. The predicted molar refractivity (Wildman–Crippen MR) is 45.9 cm³/mol. The van der Waals surface area contributed by atoms with Gasteiger partial charge < -0.3 is 9.84 Å². The van der Waals surface area contributed by atoms with Crippen molar-refractivity contribution >= 4 is 5.97 Å². The molecule has 0 spiro atoms. The number of cyclic esters (lactones) is 1. The summed E-state index contributed by atoms with van der Waals surface area (Å²) in [6.07, 6.45) is -0.864.